The number of pyridine rings is 1. The van der Waals surface area contributed by atoms with Gasteiger partial charge in [-0.05, 0) is 75.4 Å². The molecule has 1 aliphatic rings. The Hall–Kier alpha value is -3.52. The normalized spacial score (nSPS) is 13.9. The van der Waals surface area contributed by atoms with Gasteiger partial charge in [-0.3, -0.25) is 9.78 Å². The molecule has 0 bridgehead atoms. The molecule has 4 heterocycles. The fourth-order valence-electron chi connectivity index (χ4n) is 4.32. The third-order valence-corrected chi connectivity index (χ3v) is 6.94. The van der Waals surface area contributed by atoms with Gasteiger partial charge in [-0.1, -0.05) is 6.07 Å². The topological polar surface area (TPSA) is 92.9 Å². The van der Waals surface area contributed by atoms with Crippen molar-refractivity contribution in [1.82, 2.24) is 15.0 Å². The van der Waals surface area contributed by atoms with Gasteiger partial charge in [0.05, 0.1) is 18.0 Å². The number of aryl methyl sites for hydroxylation is 3. The highest BCUT2D eigenvalue weighted by atomic mass is 32.1. The zero-order valence-corrected chi connectivity index (χ0v) is 19.4. The Morgan fingerprint density at radius 1 is 1.09 bits per heavy atom. The number of furan rings is 1. The summed E-state index contributed by atoms with van der Waals surface area (Å²) < 4.78 is 5.32. The van der Waals surface area contributed by atoms with Crippen molar-refractivity contribution in [2.75, 3.05) is 10.6 Å². The minimum atomic E-state index is -0.308. The number of nitrogens with one attached hydrogen (secondary N) is 2. The molecule has 0 aliphatic heterocycles. The van der Waals surface area contributed by atoms with Crippen LogP contribution in [0.1, 0.15) is 62.5 Å². The number of carbonyl (C=O) groups is 1. The van der Waals surface area contributed by atoms with Crippen molar-refractivity contribution in [2.45, 2.75) is 45.6 Å². The van der Waals surface area contributed by atoms with Crippen molar-refractivity contribution in [2.24, 2.45) is 0 Å². The molecular formula is C25H25N5O2S. The highest BCUT2D eigenvalue weighted by Gasteiger charge is 2.30. The number of fused-ring (bicyclic) bond motifs is 1. The minimum Gasteiger partial charge on any atom is -0.459 e. The molecule has 1 aliphatic carbocycles. The van der Waals surface area contributed by atoms with Crippen LogP contribution >= 0.6 is 11.3 Å². The van der Waals surface area contributed by atoms with Gasteiger partial charge in [0.1, 0.15) is 5.00 Å². The molecule has 1 atom stereocenters. The molecule has 4 aromatic rings. The number of rotatable bonds is 6. The van der Waals surface area contributed by atoms with Crippen LogP contribution in [0, 0.1) is 13.8 Å². The predicted molar refractivity (Wildman–Crippen MR) is 129 cm³/mol. The molecule has 5 rings (SSSR count). The smallest absolute Gasteiger partial charge is 0.291 e. The number of anilines is 2. The van der Waals surface area contributed by atoms with Gasteiger partial charge in [0, 0.05) is 28.0 Å². The summed E-state index contributed by atoms with van der Waals surface area (Å²) in [5.41, 5.74) is 4.96. The number of carbonyl (C=O) groups excluding carboxylic acids is 1. The Labute approximate surface area is 196 Å². The zero-order valence-electron chi connectivity index (χ0n) is 18.6. The van der Waals surface area contributed by atoms with E-state index >= 15 is 0 Å². The van der Waals surface area contributed by atoms with E-state index in [0.717, 1.165) is 53.3 Å². The third kappa shape index (κ3) is 4.52. The molecule has 0 spiro atoms. The summed E-state index contributed by atoms with van der Waals surface area (Å²) in [6.07, 6.45) is 7.55. The van der Waals surface area contributed by atoms with E-state index in [-0.39, 0.29) is 17.7 Å². The number of nitrogens with zero attached hydrogens (tertiary/aromatic N) is 3. The summed E-state index contributed by atoms with van der Waals surface area (Å²) in [5, 5.41) is 7.45. The number of amides is 1. The first-order valence-corrected chi connectivity index (χ1v) is 11.9. The van der Waals surface area contributed by atoms with E-state index in [1.807, 2.05) is 38.1 Å². The number of hydrogen-bond donors (Lipinski definition) is 2. The molecule has 8 heteroatoms. The van der Waals surface area contributed by atoms with Gasteiger partial charge in [-0.15, -0.1) is 11.3 Å². The van der Waals surface area contributed by atoms with Crippen LogP contribution in [0.15, 0.2) is 53.3 Å². The monoisotopic (exact) mass is 459 g/mol. The lowest BCUT2D eigenvalue weighted by molar-refractivity contribution is 0.0997. The molecule has 33 heavy (non-hydrogen) atoms. The van der Waals surface area contributed by atoms with Crippen LogP contribution in [0.3, 0.4) is 0 Å². The van der Waals surface area contributed by atoms with Crippen molar-refractivity contribution < 1.29 is 9.21 Å². The first-order valence-electron chi connectivity index (χ1n) is 11.1. The van der Waals surface area contributed by atoms with Crippen LogP contribution in [0.5, 0.6) is 0 Å². The lowest BCUT2D eigenvalue weighted by atomic mass is 9.91. The Morgan fingerprint density at radius 2 is 1.91 bits per heavy atom. The van der Waals surface area contributed by atoms with E-state index in [1.54, 1.807) is 29.7 Å². The molecule has 0 saturated carbocycles. The molecular weight excluding hydrogens is 434 g/mol. The van der Waals surface area contributed by atoms with E-state index in [0.29, 0.717) is 5.95 Å². The molecule has 2 N–H and O–H groups in total. The lowest BCUT2D eigenvalue weighted by Gasteiger charge is -2.23. The van der Waals surface area contributed by atoms with Crippen LogP contribution in [0.25, 0.3) is 0 Å². The largest absolute Gasteiger partial charge is 0.459 e. The summed E-state index contributed by atoms with van der Waals surface area (Å²) in [4.78, 5) is 28.1. The minimum absolute atomic E-state index is 0.262. The van der Waals surface area contributed by atoms with Crippen molar-refractivity contribution in [3.8, 4) is 0 Å². The second-order valence-electron chi connectivity index (χ2n) is 8.19. The molecule has 168 valence electrons. The highest BCUT2D eigenvalue weighted by Crippen LogP contribution is 2.44. The highest BCUT2D eigenvalue weighted by molar-refractivity contribution is 7.16. The van der Waals surface area contributed by atoms with Crippen LogP contribution in [-0.2, 0) is 12.8 Å². The van der Waals surface area contributed by atoms with E-state index in [9.17, 15) is 4.79 Å². The lowest BCUT2D eigenvalue weighted by Crippen LogP contribution is -2.20. The molecule has 0 radical (unpaired) electrons. The molecule has 0 fully saturated rings. The van der Waals surface area contributed by atoms with Gasteiger partial charge in [-0.25, -0.2) is 9.97 Å². The first-order chi connectivity index (χ1) is 16.1. The maximum atomic E-state index is 12.9. The van der Waals surface area contributed by atoms with Gasteiger partial charge in [0.2, 0.25) is 5.95 Å². The summed E-state index contributed by atoms with van der Waals surface area (Å²) in [6, 6.07) is 10.9. The molecule has 7 nitrogen and oxygen atoms in total. The van der Waals surface area contributed by atoms with Gasteiger partial charge in [0.15, 0.2) is 5.76 Å². The second kappa shape index (κ2) is 9.15. The summed E-state index contributed by atoms with van der Waals surface area (Å²) in [7, 11) is 0. The molecule has 4 aromatic heterocycles. The Kier molecular flexibility index (Phi) is 5.92. The quantitative estimate of drug-likeness (QED) is 0.397. The standard InChI is InChI=1S/C25H25N5O2S/c1-15-14-16(2)28-25(27-15)29-22(18-9-5-6-12-26-18)21-17-8-3-4-11-20(17)33-24(21)30-23(31)19-10-7-13-32-19/h5-7,9-10,12-14,22H,3-4,8,11H2,1-2H3,(H,30,31)(H,27,28,29). The van der Waals surface area contributed by atoms with E-state index < -0.39 is 0 Å². The molecule has 0 saturated heterocycles. The first kappa shape index (κ1) is 21.3. The average Bonchev–Trinajstić information content (AvgIpc) is 3.46. The number of thiophene rings is 1. The fraction of sp³-hybridized carbons (Fsp3) is 0.280. The van der Waals surface area contributed by atoms with E-state index in [1.165, 1.54) is 16.7 Å². The van der Waals surface area contributed by atoms with Crippen LogP contribution < -0.4 is 10.6 Å². The van der Waals surface area contributed by atoms with Crippen molar-refractivity contribution in [3.05, 3.63) is 87.7 Å². The van der Waals surface area contributed by atoms with Crippen molar-refractivity contribution in [1.29, 1.82) is 0 Å². The number of aromatic nitrogens is 3. The molecule has 1 unspecified atom stereocenters. The maximum Gasteiger partial charge on any atom is 0.291 e. The van der Waals surface area contributed by atoms with Crippen LogP contribution in [0.4, 0.5) is 10.9 Å². The fourth-order valence-corrected chi connectivity index (χ4v) is 5.64. The Bertz CT molecular complexity index is 1250. The SMILES string of the molecule is Cc1cc(C)nc(NC(c2ccccn2)c2c(NC(=O)c3ccco3)sc3c2CCCC3)n1. The maximum absolute atomic E-state index is 12.9. The van der Waals surface area contributed by atoms with Crippen molar-refractivity contribution in [3.63, 3.8) is 0 Å². The van der Waals surface area contributed by atoms with E-state index in [4.69, 9.17) is 4.42 Å². The van der Waals surface area contributed by atoms with Crippen LogP contribution in [-0.4, -0.2) is 20.9 Å². The summed E-state index contributed by atoms with van der Waals surface area (Å²) in [5.74, 6) is 0.566. The van der Waals surface area contributed by atoms with Crippen molar-refractivity contribution >= 4 is 28.2 Å². The van der Waals surface area contributed by atoms with Crippen LogP contribution in [0.2, 0.25) is 0 Å². The third-order valence-electron chi connectivity index (χ3n) is 5.71. The second-order valence-corrected chi connectivity index (χ2v) is 9.30. The molecule has 1 amide bonds. The average molecular weight is 460 g/mol. The summed E-state index contributed by atoms with van der Waals surface area (Å²) in [6.45, 7) is 3.91. The Balaban J connectivity index is 1.61. The van der Waals surface area contributed by atoms with Gasteiger partial charge in [0.25, 0.3) is 5.91 Å². The van der Waals surface area contributed by atoms with Gasteiger partial charge in [-0.2, -0.15) is 0 Å². The van der Waals surface area contributed by atoms with Gasteiger partial charge >= 0.3 is 0 Å². The van der Waals surface area contributed by atoms with Gasteiger partial charge < -0.3 is 15.1 Å². The molecule has 0 aromatic carbocycles. The zero-order chi connectivity index (χ0) is 22.8. The summed E-state index contributed by atoms with van der Waals surface area (Å²) >= 11 is 1.65. The predicted octanol–water partition coefficient (Wildman–Crippen LogP) is 5.48. The Morgan fingerprint density at radius 3 is 2.64 bits per heavy atom. The number of hydrogen-bond acceptors (Lipinski definition) is 7. The van der Waals surface area contributed by atoms with E-state index in [2.05, 4.69) is 25.6 Å².